The number of hydrogen-bond donors (Lipinski definition) is 1. The van der Waals surface area contributed by atoms with Crippen LogP contribution in [0.25, 0.3) is 11.5 Å². The van der Waals surface area contributed by atoms with Crippen molar-refractivity contribution in [1.82, 2.24) is 10.1 Å². The molecule has 112 valence electrons. The standard InChI is InChI=1S/C14H15BrFN3O2/c15-10-6-8(4-5-11(10)16)14-18-13(19-21-14)12(17)7-20-9-2-1-3-9/h4-6,9,12H,1-3,7,17H2. The molecule has 3 rings (SSSR count). The lowest BCUT2D eigenvalue weighted by atomic mass is 9.96. The molecular weight excluding hydrogens is 341 g/mol. The molecule has 2 aromatic rings. The van der Waals surface area contributed by atoms with Gasteiger partial charge in [-0.15, -0.1) is 0 Å². The third-order valence-corrected chi connectivity index (χ3v) is 4.11. The van der Waals surface area contributed by atoms with Crippen LogP contribution >= 0.6 is 15.9 Å². The fourth-order valence-electron chi connectivity index (χ4n) is 1.98. The maximum absolute atomic E-state index is 13.2. The molecule has 7 heteroatoms. The van der Waals surface area contributed by atoms with Crippen LogP contribution in [0.4, 0.5) is 4.39 Å². The predicted molar refractivity (Wildman–Crippen MR) is 77.9 cm³/mol. The minimum atomic E-state index is -0.424. The van der Waals surface area contributed by atoms with Crippen molar-refractivity contribution in [2.75, 3.05) is 6.61 Å². The maximum atomic E-state index is 13.2. The minimum Gasteiger partial charge on any atom is -0.376 e. The van der Waals surface area contributed by atoms with Gasteiger partial charge in [-0.25, -0.2) is 4.39 Å². The van der Waals surface area contributed by atoms with E-state index in [4.69, 9.17) is 15.0 Å². The molecule has 0 radical (unpaired) electrons. The smallest absolute Gasteiger partial charge is 0.258 e. The highest BCUT2D eigenvalue weighted by molar-refractivity contribution is 9.10. The van der Waals surface area contributed by atoms with Gasteiger partial charge < -0.3 is 15.0 Å². The quantitative estimate of drug-likeness (QED) is 0.891. The molecule has 1 aliphatic carbocycles. The summed E-state index contributed by atoms with van der Waals surface area (Å²) in [5.41, 5.74) is 6.62. The minimum absolute atomic E-state index is 0.310. The molecule has 1 fully saturated rings. The van der Waals surface area contributed by atoms with Crippen molar-refractivity contribution in [3.63, 3.8) is 0 Å². The van der Waals surface area contributed by atoms with Gasteiger partial charge in [0.25, 0.3) is 5.89 Å². The number of benzene rings is 1. The fourth-order valence-corrected chi connectivity index (χ4v) is 2.36. The Morgan fingerprint density at radius 1 is 1.48 bits per heavy atom. The average molecular weight is 356 g/mol. The molecule has 2 N–H and O–H groups in total. The molecule has 5 nitrogen and oxygen atoms in total. The van der Waals surface area contributed by atoms with Gasteiger partial charge in [0.1, 0.15) is 5.82 Å². The van der Waals surface area contributed by atoms with Gasteiger partial charge in [0.15, 0.2) is 5.82 Å². The summed E-state index contributed by atoms with van der Waals surface area (Å²) < 4.78 is 24.4. The van der Waals surface area contributed by atoms with E-state index in [0.717, 1.165) is 12.8 Å². The molecule has 21 heavy (non-hydrogen) atoms. The van der Waals surface area contributed by atoms with Crippen molar-refractivity contribution >= 4 is 15.9 Å². The predicted octanol–water partition coefficient (Wildman–Crippen LogP) is 3.21. The normalized spacial score (nSPS) is 16.7. The van der Waals surface area contributed by atoms with Crippen LogP contribution in [0.2, 0.25) is 0 Å². The van der Waals surface area contributed by atoms with Crippen molar-refractivity contribution in [3.05, 3.63) is 34.3 Å². The van der Waals surface area contributed by atoms with E-state index in [0.29, 0.717) is 34.5 Å². The first kappa shape index (κ1) is 14.6. The lowest BCUT2D eigenvalue weighted by molar-refractivity contribution is -0.00549. The highest BCUT2D eigenvalue weighted by Crippen LogP contribution is 2.26. The molecule has 1 saturated carbocycles. The molecule has 1 heterocycles. The van der Waals surface area contributed by atoms with Gasteiger partial charge >= 0.3 is 0 Å². The first-order chi connectivity index (χ1) is 10.1. The first-order valence-electron chi connectivity index (χ1n) is 6.79. The van der Waals surface area contributed by atoms with Gasteiger partial charge in [0.05, 0.1) is 23.2 Å². The number of halogens is 2. The number of aromatic nitrogens is 2. The highest BCUT2D eigenvalue weighted by atomic mass is 79.9. The Bertz CT molecular complexity index is 630. The number of nitrogens with two attached hydrogens (primary N) is 1. The van der Waals surface area contributed by atoms with E-state index in [1.54, 1.807) is 12.1 Å². The Hall–Kier alpha value is -1.31. The van der Waals surface area contributed by atoms with E-state index < -0.39 is 6.04 Å². The molecule has 1 aliphatic rings. The van der Waals surface area contributed by atoms with Crippen LogP contribution in [-0.2, 0) is 4.74 Å². The van der Waals surface area contributed by atoms with Crippen LogP contribution in [0.1, 0.15) is 31.1 Å². The van der Waals surface area contributed by atoms with Crippen LogP contribution < -0.4 is 5.73 Å². The summed E-state index contributed by atoms with van der Waals surface area (Å²) in [6.07, 6.45) is 3.71. The van der Waals surface area contributed by atoms with Gasteiger partial charge in [0, 0.05) is 5.56 Å². The second-order valence-electron chi connectivity index (χ2n) is 5.08. The summed E-state index contributed by atoms with van der Waals surface area (Å²) in [6.45, 7) is 0.372. The van der Waals surface area contributed by atoms with Gasteiger partial charge in [-0.2, -0.15) is 4.98 Å². The van der Waals surface area contributed by atoms with Gasteiger partial charge in [-0.05, 0) is 53.4 Å². The van der Waals surface area contributed by atoms with Crippen LogP contribution in [0.3, 0.4) is 0 Å². The van der Waals surface area contributed by atoms with E-state index in [-0.39, 0.29) is 5.82 Å². The number of rotatable bonds is 5. The molecular formula is C14H15BrFN3O2. The summed E-state index contributed by atoms with van der Waals surface area (Å²) in [7, 11) is 0. The summed E-state index contributed by atoms with van der Waals surface area (Å²) >= 11 is 3.12. The third-order valence-electron chi connectivity index (χ3n) is 3.50. The first-order valence-corrected chi connectivity index (χ1v) is 7.59. The fraction of sp³-hybridized carbons (Fsp3) is 0.429. The Balaban J connectivity index is 1.68. The summed E-state index contributed by atoms with van der Waals surface area (Å²) in [4.78, 5) is 4.25. The Labute approximate surface area is 129 Å². The van der Waals surface area contributed by atoms with Gasteiger partial charge in [-0.1, -0.05) is 5.16 Å². The van der Waals surface area contributed by atoms with Gasteiger partial charge in [0.2, 0.25) is 0 Å². The van der Waals surface area contributed by atoms with Crippen molar-refractivity contribution in [3.8, 4) is 11.5 Å². The monoisotopic (exact) mass is 355 g/mol. The van der Waals surface area contributed by atoms with Crippen molar-refractivity contribution in [1.29, 1.82) is 0 Å². The molecule has 0 bridgehead atoms. The van der Waals surface area contributed by atoms with E-state index in [9.17, 15) is 4.39 Å². The molecule has 0 aliphatic heterocycles. The molecule has 1 atom stereocenters. The Kier molecular flexibility index (Phi) is 4.32. The van der Waals surface area contributed by atoms with Gasteiger partial charge in [-0.3, -0.25) is 0 Å². The lowest BCUT2D eigenvalue weighted by Gasteiger charge is -2.26. The number of nitrogens with zero attached hydrogens (tertiary/aromatic N) is 2. The zero-order valence-electron chi connectivity index (χ0n) is 11.3. The van der Waals surface area contributed by atoms with Crippen LogP contribution in [0.5, 0.6) is 0 Å². The Morgan fingerprint density at radius 2 is 2.29 bits per heavy atom. The number of ether oxygens (including phenoxy) is 1. The highest BCUT2D eigenvalue weighted by Gasteiger charge is 2.21. The van der Waals surface area contributed by atoms with E-state index in [2.05, 4.69) is 26.1 Å². The molecule has 0 spiro atoms. The molecule has 1 aromatic heterocycles. The SMILES string of the molecule is NC(COC1CCC1)c1noc(-c2ccc(F)c(Br)c2)n1. The summed E-state index contributed by atoms with van der Waals surface area (Å²) in [5, 5.41) is 3.87. The van der Waals surface area contributed by atoms with Crippen molar-refractivity contribution in [2.45, 2.75) is 31.4 Å². The van der Waals surface area contributed by atoms with Crippen molar-refractivity contribution in [2.24, 2.45) is 5.73 Å². The summed E-state index contributed by atoms with van der Waals surface area (Å²) in [5.74, 6) is 0.360. The zero-order chi connectivity index (χ0) is 14.8. The third kappa shape index (κ3) is 3.30. The molecule has 1 unspecified atom stereocenters. The summed E-state index contributed by atoms with van der Waals surface area (Å²) in [6, 6.07) is 4.08. The average Bonchev–Trinajstić information content (AvgIpc) is 2.89. The van der Waals surface area contributed by atoms with Crippen molar-refractivity contribution < 1.29 is 13.7 Å². The van der Waals surface area contributed by atoms with Crippen LogP contribution in [-0.4, -0.2) is 22.9 Å². The largest absolute Gasteiger partial charge is 0.376 e. The number of hydrogen-bond acceptors (Lipinski definition) is 5. The topological polar surface area (TPSA) is 74.2 Å². The molecule has 0 amide bonds. The molecule has 1 aromatic carbocycles. The zero-order valence-corrected chi connectivity index (χ0v) is 12.8. The molecule has 0 saturated heterocycles. The van der Waals surface area contributed by atoms with Crippen LogP contribution in [0, 0.1) is 5.82 Å². The second kappa shape index (κ2) is 6.21. The van der Waals surface area contributed by atoms with E-state index >= 15 is 0 Å². The maximum Gasteiger partial charge on any atom is 0.258 e. The van der Waals surface area contributed by atoms with Crippen LogP contribution in [0.15, 0.2) is 27.2 Å². The Morgan fingerprint density at radius 3 is 2.95 bits per heavy atom. The van der Waals surface area contributed by atoms with E-state index in [1.165, 1.54) is 12.5 Å². The van der Waals surface area contributed by atoms with E-state index in [1.807, 2.05) is 0 Å². The second-order valence-corrected chi connectivity index (χ2v) is 5.93. The lowest BCUT2D eigenvalue weighted by Crippen LogP contribution is -2.27.